The lowest BCUT2D eigenvalue weighted by Gasteiger charge is -2.32. The summed E-state index contributed by atoms with van der Waals surface area (Å²) < 4.78 is 0. The number of aromatic nitrogens is 1. The van der Waals surface area contributed by atoms with Gasteiger partial charge < -0.3 is 15.3 Å². The summed E-state index contributed by atoms with van der Waals surface area (Å²) in [4.78, 5) is 27.5. The molecule has 0 atom stereocenters. The number of carbonyl (C=O) groups is 1. The van der Waals surface area contributed by atoms with Gasteiger partial charge in [0.15, 0.2) is 5.88 Å². The van der Waals surface area contributed by atoms with Crippen molar-refractivity contribution >= 4 is 5.91 Å². The molecule has 0 radical (unpaired) electrons. The molecular weight excluding hydrogens is 258 g/mol. The number of likely N-dealkylation sites (tertiary alicyclic amines) is 1. The van der Waals surface area contributed by atoms with Gasteiger partial charge >= 0.3 is 0 Å². The molecule has 0 saturated carbocycles. The summed E-state index contributed by atoms with van der Waals surface area (Å²) in [5.74, 6) is 0.141. The highest BCUT2D eigenvalue weighted by Gasteiger charge is 2.23. The van der Waals surface area contributed by atoms with E-state index in [0.29, 0.717) is 19.0 Å². The van der Waals surface area contributed by atoms with Crippen molar-refractivity contribution in [1.82, 2.24) is 15.2 Å². The Hall–Kier alpha value is -1.82. The number of aromatic amines is 1. The van der Waals surface area contributed by atoms with E-state index in [1.165, 1.54) is 12.1 Å². The number of piperidine rings is 1. The molecule has 0 unspecified atom stereocenters. The Labute approximate surface area is 117 Å². The Morgan fingerprint density at radius 3 is 2.75 bits per heavy atom. The van der Waals surface area contributed by atoms with Crippen LogP contribution in [0.5, 0.6) is 5.88 Å². The number of nitrogens with zero attached hydrogens (tertiary/aromatic N) is 1. The van der Waals surface area contributed by atoms with Crippen LogP contribution in [0.25, 0.3) is 0 Å². The maximum atomic E-state index is 12.3. The van der Waals surface area contributed by atoms with Crippen LogP contribution in [0.4, 0.5) is 0 Å². The molecular formula is C14H21N3O3. The molecule has 0 spiro atoms. The van der Waals surface area contributed by atoms with E-state index in [1.807, 2.05) is 0 Å². The summed E-state index contributed by atoms with van der Waals surface area (Å²) in [6.45, 7) is 5.43. The largest absolute Gasteiger partial charge is 0.494 e. The highest BCUT2D eigenvalue weighted by Crippen LogP contribution is 2.18. The number of amides is 1. The van der Waals surface area contributed by atoms with Crippen LogP contribution in [0.1, 0.15) is 30.1 Å². The van der Waals surface area contributed by atoms with Crippen LogP contribution < -0.4 is 10.9 Å². The van der Waals surface area contributed by atoms with E-state index in [0.717, 1.165) is 25.9 Å². The van der Waals surface area contributed by atoms with Gasteiger partial charge in [-0.2, -0.15) is 0 Å². The van der Waals surface area contributed by atoms with Crippen molar-refractivity contribution in [1.29, 1.82) is 0 Å². The predicted octanol–water partition coefficient (Wildman–Crippen LogP) is 0.542. The fraction of sp³-hybridized carbons (Fsp3) is 0.571. The number of hydrogen-bond acceptors (Lipinski definition) is 4. The molecule has 1 saturated heterocycles. The first-order valence-electron chi connectivity index (χ1n) is 7.03. The summed E-state index contributed by atoms with van der Waals surface area (Å²) in [6, 6.07) is 2.53. The molecule has 20 heavy (non-hydrogen) atoms. The van der Waals surface area contributed by atoms with Crippen molar-refractivity contribution < 1.29 is 9.90 Å². The SMILES string of the molecule is CCNCC1CCN(C(=O)c2cc(O)[nH]c(=O)c2)CC1. The quantitative estimate of drug-likeness (QED) is 0.751. The van der Waals surface area contributed by atoms with Crippen molar-refractivity contribution in [2.75, 3.05) is 26.2 Å². The summed E-state index contributed by atoms with van der Waals surface area (Å²) in [5, 5.41) is 12.7. The predicted molar refractivity (Wildman–Crippen MR) is 75.9 cm³/mol. The Bertz CT molecular complexity index is 519. The fourth-order valence-electron chi connectivity index (χ4n) is 2.52. The maximum Gasteiger partial charge on any atom is 0.254 e. The molecule has 0 aromatic carbocycles. The molecule has 2 rings (SSSR count). The Morgan fingerprint density at radius 1 is 1.45 bits per heavy atom. The van der Waals surface area contributed by atoms with Crippen molar-refractivity contribution in [3.05, 3.63) is 28.0 Å². The van der Waals surface area contributed by atoms with Gasteiger partial charge in [-0.1, -0.05) is 6.92 Å². The zero-order chi connectivity index (χ0) is 14.5. The number of hydrogen-bond donors (Lipinski definition) is 3. The molecule has 6 heteroatoms. The fourth-order valence-corrected chi connectivity index (χ4v) is 2.52. The summed E-state index contributed by atoms with van der Waals surface area (Å²) in [5.41, 5.74) is -0.216. The number of nitrogens with one attached hydrogen (secondary N) is 2. The summed E-state index contributed by atoms with van der Waals surface area (Å²) >= 11 is 0. The van der Waals surface area contributed by atoms with Gasteiger partial charge in [0, 0.05) is 25.2 Å². The number of carbonyl (C=O) groups excluding carboxylic acids is 1. The molecule has 0 bridgehead atoms. The van der Waals surface area contributed by atoms with Crippen molar-refractivity contribution in [2.24, 2.45) is 5.92 Å². The van der Waals surface area contributed by atoms with E-state index < -0.39 is 5.56 Å². The summed E-state index contributed by atoms with van der Waals surface area (Å²) in [6.07, 6.45) is 1.93. The first kappa shape index (κ1) is 14.6. The van der Waals surface area contributed by atoms with E-state index >= 15 is 0 Å². The Morgan fingerprint density at radius 2 is 2.15 bits per heavy atom. The van der Waals surface area contributed by atoms with Crippen LogP contribution in [0, 0.1) is 5.92 Å². The number of aromatic hydroxyl groups is 1. The lowest BCUT2D eigenvalue weighted by atomic mass is 9.96. The molecule has 1 amide bonds. The molecule has 1 aromatic rings. The average molecular weight is 279 g/mol. The third-order valence-electron chi connectivity index (χ3n) is 3.66. The van der Waals surface area contributed by atoms with Crippen LogP contribution in [-0.2, 0) is 0 Å². The van der Waals surface area contributed by atoms with Crippen molar-refractivity contribution in [2.45, 2.75) is 19.8 Å². The minimum absolute atomic E-state index is 0.187. The van der Waals surface area contributed by atoms with Gasteiger partial charge in [0.05, 0.1) is 5.56 Å². The molecule has 110 valence electrons. The average Bonchev–Trinajstić information content (AvgIpc) is 2.44. The second-order valence-electron chi connectivity index (χ2n) is 5.16. The van der Waals surface area contributed by atoms with Crippen LogP contribution in [-0.4, -0.2) is 47.1 Å². The molecule has 1 aliphatic heterocycles. The molecule has 2 heterocycles. The van der Waals surface area contributed by atoms with E-state index in [1.54, 1.807) is 4.90 Å². The highest BCUT2D eigenvalue weighted by molar-refractivity contribution is 5.94. The van der Waals surface area contributed by atoms with Crippen LogP contribution >= 0.6 is 0 Å². The van der Waals surface area contributed by atoms with E-state index in [-0.39, 0.29) is 17.4 Å². The van der Waals surface area contributed by atoms with E-state index in [9.17, 15) is 14.7 Å². The van der Waals surface area contributed by atoms with Gasteiger partial charge in [-0.15, -0.1) is 0 Å². The van der Waals surface area contributed by atoms with Gasteiger partial charge in [0.2, 0.25) is 0 Å². The molecule has 0 aliphatic carbocycles. The van der Waals surface area contributed by atoms with Crippen molar-refractivity contribution in [3.63, 3.8) is 0 Å². The number of rotatable bonds is 4. The summed E-state index contributed by atoms with van der Waals surface area (Å²) in [7, 11) is 0. The minimum atomic E-state index is -0.463. The van der Waals surface area contributed by atoms with Crippen molar-refractivity contribution in [3.8, 4) is 5.88 Å². The zero-order valence-electron chi connectivity index (χ0n) is 11.7. The van der Waals surface area contributed by atoms with Crippen LogP contribution in [0.3, 0.4) is 0 Å². The maximum absolute atomic E-state index is 12.3. The minimum Gasteiger partial charge on any atom is -0.494 e. The lowest BCUT2D eigenvalue weighted by Crippen LogP contribution is -2.41. The highest BCUT2D eigenvalue weighted by atomic mass is 16.3. The first-order valence-corrected chi connectivity index (χ1v) is 7.03. The van der Waals surface area contributed by atoms with Crippen LogP contribution in [0.2, 0.25) is 0 Å². The third-order valence-corrected chi connectivity index (χ3v) is 3.66. The van der Waals surface area contributed by atoms with Gasteiger partial charge in [-0.25, -0.2) is 0 Å². The second-order valence-corrected chi connectivity index (χ2v) is 5.16. The molecule has 1 aromatic heterocycles. The molecule has 6 nitrogen and oxygen atoms in total. The molecule has 1 aliphatic rings. The van der Waals surface area contributed by atoms with Crippen LogP contribution in [0.15, 0.2) is 16.9 Å². The standard InChI is InChI=1S/C14H21N3O3/c1-2-15-9-10-3-5-17(6-4-10)14(20)11-7-12(18)16-13(19)8-11/h7-8,10,15H,2-6,9H2,1H3,(H2,16,18,19). The van der Waals surface area contributed by atoms with Gasteiger partial charge in [-0.05, 0) is 31.8 Å². The van der Waals surface area contributed by atoms with Gasteiger partial charge in [0.25, 0.3) is 11.5 Å². The number of H-pyrrole nitrogens is 1. The van der Waals surface area contributed by atoms with Gasteiger partial charge in [-0.3, -0.25) is 14.6 Å². The zero-order valence-corrected chi connectivity index (χ0v) is 11.7. The molecule has 3 N–H and O–H groups in total. The monoisotopic (exact) mass is 279 g/mol. The first-order chi connectivity index (χ1) is 9.60. The third kappa shape index (κ3) is 3.60. The van der Waals surface area contributed by atoms with E-state index in [4.69, 9.17) is 0 Å². The smallest absolute Gasteiger partial charge is 0.254 e. The second kappa shape index (κ2) is 6.56. The van der Waals surface area contributed by atoms with E-state index in [2.05, 4.69) is 17.2 Å². The normalized spacial score (nSPS) is 16.4. The topological polar surface area (TPSA) is 85.4 Å². The van der Waals surface area contributed by atoms with Gasteiger partial charge in [0.1, 0.15) is 0 Å². The number of pyridine rings is 1. The lowest BCUT2D eigenvalue weighted by molar-refractivity contribution is 0.0689. The molecule has 1 fully saturated rings. The Kier molecular flexibility index (Phi) is 4.79. The Balaban J connectivity index is 1.96.